The molecule has 1 N–H and O–H groups in total. The van der Waals surface area contributed by atoms with Crippen molar-refractivity contribution in [1.82, 2.24) is 4.90 Å². The molecular weight excluding hydrogens is 250 g/mol. The lowest BCUT2D eigenvalue weighted by molar-refractivity contribution is -0.134. The van der Waals surface area contributed by atoms with Crippen LogP contribution in [-0.2, 0) is 4.79 Å². The summed E-state index contributed by atoms with van der Waals surface area (Å²) in [5.41, 5.74) is 0.104. The lowest BCUT2D eigenvalue weighted by atomic mass is 9.88. The van der Waals surface area contributed by atoms with Crippen molar-refractivity contribution >= 4 is 5.97 Å². The fourth-order valence-corrected chi connectivity index (χ4v) is 3.13. The molecule has 1 atom stereocenters. The van der Waals surface area contributed by atoms with Crippen LogP contribution in [0.25, 0.3) is 0 Å². The summed E-state index contributed by atoms with van der Waals surface area (Å²) in [6.45, 7) is 18.8. The molecule has 3 heteroatoms. The molecule has 118 valence electrons. The first-order valence-electron chi connectivity index (χ1n) is 7.64. The molecular formula is C17H33NO2. The lowest BCUT2D eigenvalue weighted by Gasteiger charge is -2.50. The van der Waals surface area contributed by atoms with Crippen LogP contribution in [0.5, 0.6) is 0 Å². The van der Waals surface area contributed by atoms with Gasteiger partial charge in [0.2, 0.25) is 0 Å². The molecule has 20 heavy (non-hydrogen) atoms. The van der Waals surface area contributed by atoms with E-state index in [1.54, 1.807) is 0 Å². The van der Waals surface area contributed by atoms with E-state index in [-0.39, 0.29) is 17.1 Å². The minimum atomic E-state index is -0.884. The molecule has 0 saturated heterocycles. The maximum Gasteiger partial charge on any atom is 0.332 e. The molecule has 0 fully saturated rings. The van der Waals surface area contributed by atoms with E-state index in [1.807, 2.05) is 0 Å². The Balaban J connectivity index is 5.42. The molecule has 0 saturated carbocycles. The van der Waals surface area contributed by atoms with Gasteiger partial charge in [0.1, 0.15) is 0 Å². The van der Waals surface area contributed by atoms with Gasteiger partial charge in [0, 0.05) is 22.7 Å². The SMILES string of the molecule is C=C(C(=O)O)C(CCCCC)N(C(C)(C)C)C(C)(C)C. The first-order chi connectivity index (χ1) is 8.92. The second-order valence-electron chi connectivity index (χ2n) is 7.55. The van der Waals surface area contributed by atoms with E-state index in [2.05, 4.69) is 59.9 Å². The van der Waals surface area contributed by atoms with Crippen molar-refractivity contribution < 1.29 is 9.90 Å². The highest BCUT2D eigenvalue weighted by atomic mass is 16.4. The molecule has 0 rings (SSSR count). The quantitative estimate of drug-likeness (QED) is 0.553. The highest BCUT2D eigenvalue weighted by Gasteiger charge is 2.39. The first-order valence-corrected chi connectivity index (χ1v) is 7.64. The Morgan fingerprint density at radius 1 is 1.10 bits per heavy atom. The zero-order chi connectivity index (χ0) is 16.1. The zero-order valence-corrected chi connectivity index (χ0v) is 14.4. The number of aliphatic carboxylic acids is 1. The molecule has 0 aromatic carbocycles. The lowest BCUT2D eigenvalue weighted by Crippen LogP contribution is -2.58. The summed E-state index contributed by atoms with van der Waals surface area (Å²) in [6, 6.07) is -0.112. The Kier molecular flexibility index (Phi) is 6.96. The normalized spacial score (nSPS) is 14.4. The third-order valence-electron chi connectivity index (χ3n) is 3.52. The molecule has 0 spiro atoms. The van der Waals surface area contributed by atoms with Crippen LogP contribution in [0, 0.1) is 0 Å². The summed E-state index contributed by atoms with van der Waals surface area (Å²) in [6.07, 6.45) is 4.16. The van der Waals surface area contributed by atoms with Gasteiger partial charge in [-0.25, -0.2) is 4.79 Å². The Bertz CT molecular complexity index is 320. The number of carboxylic acid groups (broad SMARTS) is 1. The van der Waals surface area contributed by atoms with Gasteiger partial charge in [-0.1, -0.05) is 32.8 Å². The highest BCUT2D eigenvalue weighted by Crippen LogP contribution is 2.32. The van der Waals surface area contributed by atoms with E-state index in [9.17, 15) is 9.90 Å². The molecule has 3 nitrogen and oxygen atoms in total. The average molecular weight is 283 g/mol. The Labute approximate surface area is 125 Å². The molecule has 1 unspecified atom stereocenters. The van der Waals surface area contributed by atoms with Crippen molar-refractivity contribution in [1.29, 1.82) is 0 Å². The van der Waals surface area contributed by atoms with Gasteiger partial charge in [-0.05, 0) is 48.0 Å². The molecule has 0 bridgehead atoms. The van der Waals surface area contributed by atoms with Crippen molar-refractivity contribution in [3.8, 4) is 0 Å². The first kappa shape index (κ1) is 19.2. The maximum absolute atomic E-state index is 11.4. The van der Waals surface area contributed by atoms with Gasteiger partial charge in [0.25, 0.3) is 0 Å². The minimum Gasteiger partial charge on any atom is -0.478 e. The summed E-state index contributed by atoms with van der Waals surface area (Å²) in [5.74, 6) is -0.884. The largest absolute Gasteiger partial charge is 0.478 e. The molecule has 0 aliphatic rings. The van der Waals surface area contributed by atoms with Crippen molar-refractivity contribution in [3.05, 3.63) is 12.2 Å². The summed E-state index contributed by atoms with van der Waals surface area (Å²) in [7, 11) is 0. The number of carbonyl (C=O) groups is 1. The van der Waals surface area contributed by atoms with Crippen LogP contribution >= 0.6 is 0 Å². The number of unbranched alkanes of at least 4 members (excludes halogenated alkanes) is 2. The minimum absolute atomic E-state index is 0.104. The maximum atomic E-state index is 11.4. The van der Waals surface area contributed by atoms with E-state index < -0.39 is 5.97 Å². The Hall–Kier alpha value is -0.830. The van der Waals surface area contributed by atoms with E-state index in [0.29, 0.717) is 5.57 Å². The third-order valence-corrected chi connectivity index (χ3v) is 3.52. The predicted octanol–water partition coefficient (Wildman–Crippen LogP) is 4.48. The number of rotatable bonds is 7. The van der Waals surface area contributed by atoms with E-state index in [0.717, 1.165) is 25.7 Å². The molecule has 0 aromatic rings. The molecule has 0 amide bonds. The average Bonchev–Trinajstić information content (AvgIpc) is 2.23. The Morgan fingerprint density at radius 2 is 1.55 bits per heavy atom. The van der Waals surface area contributed by atoms with Crippen LogP contribution in [0.2, 0.25) is 0 Å². The predicted molar refractivity (Wildman–Crippen MR) is 86.1 cm³/mol. The van der Waals surface area contributed by atoms with Gasteiger partial charge in [-0.2, -0.15) is 0 Å². The molecule has 0 radical (unpaired) electrons. The summed E-state index contributed by atoms with van der Waals surface area (Å²) in [4.78, 5) is 13.7. The van der Waals surface area contributed by atoms with Gasteiger partial charge < -0.3 is 5.11 Å². The van der Waals surface area contributed by atoms with Crippen molar-refractivity contribution in [2.75, 3.05) is 0 Å². The van der Waals surface area contributed by atoms with Crippen molar-refractivity contribution in [2.24, 2.45) is 0 Å². The van der Waals surface area contributed by atoms with Crippen LogP contribution in [0.3, 0.4) is 0 Å². The van der Waals surface area contributed by atoms with Gasteiger partial charge >= 0.3 is 5.97 Å². The van der Waals surface area contributed by atoms with Gasteiger partial charge in [-0.3, -0.25) is 4.90 Å². The monoisotopic (exact) mass is 283 g/mol. The molecule has 0 aromatic heterocycles. The van der Waals surface area contributed by atoms with Crippen LogP contribution in [0.4, 0.5) is 0 Å². The molecule has 0 heterocycles. The second kappa shape index (κ2) is 7.26. The smallest absolute Gasteiger partial charge is 0.332 e. The summed E-state index contributed by atoms with van der Waals surface area (Å²) >= 11 is 0. The van der Waals surface area contributed by atoms with Crippen LogP contribution < -0.4 is 0 Å². The molecule has 0 aliphatic carbocycles. The fraction of sp³-hybridized carbons (Fsp3) is 0.824. The van der Waals surface area contributed by atoms with E-state index >= 15 is 0 Å². The van der Waals surface area contributed by atoms with Gasteiger partial charge in [0.05, 0.1) is 0 Å². The molecule has 0 aliphatic heterocycles. The van der Waals surface area contributed by atoms with Gasteiger partial charge in [0.15, 0.2) is 0 Å². The van der Waals surface area contributed by atoms with E-state index in [1.165, 1.54) is 0 Å². The van der Waals surface area contributed by atoms with Crippen LogP contribution in [-0.4, -0.2) is 33.1 Å². The zero-order valence-electron chi connectivity index (χ0n) is 14.4. The Morgan fingerprint density at radius 3 is 1.85 bits per heavy atom. The van der Waals surface area contributed by atoms with Crippen LogP contribution in [0.1, 0.15) is 74.1 Å². The number of hydrogen-bond acceptors (Lipinski definition) is 2. The topological polar surface area (TPSA) is 40.5 Å². The second-order valence-corrected chi connectivity index (χ2v) is 7.55. The third kappa shape index (κ3) is 5.66. The summed E-state index contributed by atoms with van der Waals surface area (Å²) in [5, 5.41) is 9.36. The number of hydrogen-bond donors (Lipinski definition) is 1. The number of carboxylic acids is 1. The van der Waals surface area contributed by atoms with Crippen LogP contribution in [0.15, 0.2) is 12.2 Å². The summed E-state index contributed by atoms with van der Waals surface area (Å²) < 4.78 is 0. The number of nitrogens with zero attached hydrogens (tertiary/aromatic N) is 1. The van der Waals surface area contributed by atoms with E-state index in [4.69, 9.17) is 0 Å². The standard InChI is InChI=1S/C17H33NO2/c1-9-10-11-12-14(13(2)15(19)20)18(16(3,4)5)17(6,7)8/h14H,2,9-12H2,1,3-8H3,(H,19,20). The highest BCUT2D eigenvalue weighted by molar-refractivity contribution is 5.87. The van der Waals surface area contributed by atoms with Crippen molar-refractivity contribution in [3.63, 3.8) is 0 Å². The fourth-order valence-electron chi connectivity index (χ4n) is 3.13. The van der Waals surface area contributed by atoms with Crippen molar-refractivity contribution in [2.45, 2.75) is 91.3 Å². The van der Waals surface area contributed by atoms with Gasteiger partial charge in [-0.15, -0.1) is 0 Å².